The highest BCUT2D eigenvalue weighted by Gasteiger charge is 2.20. The van der Waals surface area contributed by atoms with Crippen molar-refractivity contribution in [3.05, 3.63) is 112 Å². The van der Waals surface area contributed by atoms with Gasteiger partial charge in [-0.15, -0.1) is 0 Å². The molecule has 5 rings (SSSR count). The standard InChI is InChI=1S/C33H30F3N3O5/c1-19-7-8-21(25(34)11-19)17-44-32-6-4-5-28(38-32)24-15-26(35)22(12-27(24)36)14-31-37-29-10-9-20(33(40)41)13-30(29)39(31)16-23(43-3)18-42-2/h4-13,15,23H,14,16-18H2,1-3H3,(H,40,41)/t23-/m0/s1. The monoisotopic (exact) mass is 605 g/mol. The number of carboxylic acid groups (broad SMARTS) is 1. The first kappa shape index (κ1) is 30.7. The van der Waals surface area contributed by atoms with E-state index in [0.717, 1.165) is 17.7 Å². The van der Waals surface area contributed by atoms with Gasteiger partial charge in [-0.2, -0.15) is 0 Å². The minimum absolute atomic E-state index is 0.0456. The van der Waals surface area contributed by atoms with Gasteiger partial charge in [0.2, 0.25) is 5.88 Å². The number of hydrogen-bond donors (Lipinski definition) is 1. The van der Waals surface area contributed by atoms with Gasteiger partial charge in [-0.1, -0.05) is 18.2 Å². The number of nitrogens with zero attached hydrogens (tertiary/aromatic N) is 3. The number of fused-ring (bicyclic) bond motifs is 1. The number of aromatic nitrogens is 3. The molecule has 0 amide bonds. The van der Waals surface area contributed by atoms with Crippen molar-refractivity contribution in [1.82, 2.24) is 14.5 Å². The Morgan fingerprint density at radius 2 is 1.73 bits per heavy atom. The molecule has 44 heavy (non-hydrogen) atoms. The predicted octanol–water partition coefficient (Wildman–Crippen LogP) is 6.35. The summed E-state index contributed by atoms with van der Waals surface area (Å²) in [4.78, 5) is 20.5. The van der Waals surface area contributed by atoms with Gasteiger partial charge in [-0.25, -0.2) is 27.9 Å². The fourth-order valence-corrected chi connectivity index (χ4v) is 4.89. The second-order valence-corrected chi connectivity index (χ2v) is 10.3. The minimum Gasteiger partial charge on any atom is -0.478 e. The smallest absolute Gasteiger partial charge is 0.335 e. The summed E-state index contributed by atoms with van der Waals surface area (Å²) >= 11 is 0. The molecule has 0 radical (unpaired) electrons. The van der Waals surface area contributed by atoms with Gasteiger partial charge in [-0.3, -0.25) is 0 Å². The lowest BCUT2D eigenvalue weighted by atomic mass is 10.0. The summed E-state index contributed by atoms with van der Waals surface area (Å²) in [7, 11) is 3.05. The second-order valence-electron chi connectivity index (χ2n) is 10.3. The van der Waals surface area contributed by atoms with E-state index in [-0.39, 0.29) is 54.4 Å². The molecule has 3 aromatic carbocycles. The lowest BCUT2D eigenvalue weighted by Gasteiger charge is -2.18. The molecule has 0 fully saturated rings. The summed E-state index contributed by atoms with van der Waals surface area (Å²) in [5.74, 6) is -2.37. The van der Waals surface area contributed by atoms with E-state index in [4.69, 9.17) is 14.2 Å². The fraction of sp³-hybridized carbons (Fsp3) is 0.242. The van der Waals surface area contributed by atoms with Crippen LogP contribution in [0.15, 0.2) is 66.7 Å². The van der Waals surface area contributed by atoms with Crippen LogP contribution in [-0.2, 0) is 29.0 Å². The van der Waals surface area contributed by atoms with Crippen LogP contribution in [0.1, 0.15) is 32.9 Å². The van der Waals surface area contributed by atoms with Gasteiger partial charge in [0.1, 0.15) is 29.9 Å². The van der Waals surface area contributed by atoms with Crippen LogP contribution >= 0.6 is 0 Å². The third-order valence-corrected chi connectivity index (χ3v) is 7.21. The van der Waals surface area contributed by atoms with Gasteiger partial charge in [0, 0.05) is 37.8 Å². The highest BCUT2D eigenvalue weighted by Crippen LogP contribution is 2.28. The average molecular weight is 606 g/mol. The maximum absolute atomic E-state index is 15.5. The zero-order chi connectivity index (χ0) is 31.4. The van der Waals surface area contributed by atoms with Crippen LogP contribution < -0.4 is 4.74 Å². The lowest BCUT2D eigenvalue weighted by molar-refractivity contribution is 0.0186. The minimum atomic E-state index is -1.10. The molecule has 0 aliphatic heterocycles. The number of aryl methyl sites for hydroxylation is 1. The fourth-order valence-electron chi connectivity index (χ4n) is 4.89. The predicted molar refractivity (Wildman–Crippen MR) is 157 cm³/mol. The molecule has 0 saturated heterocycles. The molecule has 8 nitrogen and oxygen atoms in total. The molecule has 2 aromatic heterocycles. The van der Waals surface area contributed by atoms with E-state index >= 15 is 8.78 Å². The number of pyridine rings is 1. The number of carboxylic acids is 1. The van der Waals surface area contributed by atoms with Crippen LogP contribution in [0.4, 0.5) is 13.2 Å². The summed E-state index contributed by atoms with van der Waals surface area (Å²) in [5, 5.41) is 9.50. The molecule has 11 heteroatoms. The van der Waals surface area contributed by atoms with Gasteiger partial charge >= 0.3 is 5.97 Å². The Bertz CT molecular complexity index is 1820. The molecule has 0 spiro atoms. The van der Waals surface area contributed by atoms with Crippen molar-refractivity contribution in [2.24, 2.45) is 0 Å². The largest absolute Gasteiger partial charge is 0.478 e. The SMILES string of the molecule is COC[C@H](Cn1c(Cc2cc(F)c(-c3cccc(OCc4ccc(C)cc4F)n3)cc2F)nc2ccc(C(=O)O)cc21)OC. The highest BCUT2D eigenvalue weighted by molar-refractivity contribution is 5.92. The Labute approximate surface area is 251 Å². The summed E-state index contributed by atoms with van der Waals surface area (Å²) in [6.07, 6.45) is -0.487. The quantitative estimate of drug-likeness (QED) is 0.177. The summed E-state index contributed by atoms with van der Waals surface area (Å²) in [5.41, 5.74) is 2.32. The van der Waals surface area contributed by atoms with E-state index in [2.05, 4.69) is 9.97 Å². The molecule has 0 unspecified atom stereocenters. The Hall–Kier alpha value is -4.74. The van der Waals surface area contributed by atoms with E-state index in [1.54, 1.807) is 41.8 Å². The molecular formula is C33H30F3N3O5. The maximum Gasteiger partial charge on any atom is 0.335 e. The Morgan fingerprint density at radius 1 is 0.932 bits per heavy atom. The first-order valence-electron chi connectivity index (χ1n) is 13.7. The van der Waals surface area contributed by atoms with Gasteiger partial charge in [0.05, 0.1) is 41.5 Å². The van der Waals surface area contributed by atoms with Crippen LogP contribution in [0.5, 0.6) is 5.88 Å². The van der Waals surface area contributed by atoms with Crippen molar-refractivity contribution >= 4 is 17.0 Å². The topological polar surface area (TPSA) is 95.7 Å². The Balaban J connectivity index is 1.43. The van der Waals surface area contributed by atoms with Gasteiger partial charge in [-0.05, 0) is 60.5 Å². The second kappa shape index (κ2) is 13.3. The van der Waals surface area contributed by atoms with E-state index < -0.39 is 29.5 Å². The van der Waals surface area contributed by atoms with E-state index in [0.29, 0.717) is 22.4 Å². The van der Waals surface area contributed by atoms with E-state index in [1.807, 2.05) is 0 Å². The van der Waals surface area contributed by atoms with Crippen LogP contribution in [0.2, 0.25) is 0 Å². The van der Waals surface area contributed by atoms with E-state index in [1.165, 1.54) is 38.5 Å². The van der Waals surface area contributed by atoms with Gasteiger partial charge < -0.3 is 23.9 Å². The number of benzene rings is 3. The molecule has 0 aliphatic carbocycles. The lowest BCUT2D eigenvalue weighted by Crippen LogP contribution is -2.25. The van der Waals surface area contributed by atoms with Crippen molar-refractivity contribution in [3.63, 3.8) is 0 Å². The number of methoxy groups -OCH3 is 2. The van der Waals surface area contributed by atoms with Crippen LogP contribution in [0.3, 0.4) is 0 Å². The Kier molecular flexibility index (Phi) is 9.26. The molecular weight excluding hydrogens is 575 g/mol. The van der Waals surface area contributed by atoms with Crippen molar-refractivity contribution < 1.29 is 37.3 Å². The zero-order valence-electron chi connectivity index (χ0n) is 24.3. The molecule has 5 aromatic rings. The van der Waals surface area contributed by atoms with Gasteiger partial charge in [0.15, 0.2) is 0 Å². The first-order chi connectivity index (χ1) is 21.2. The van der Waals surface area contributed by atoms with Crippen molar-refractivity contribution in [1.29, 1.82) is 0 Å². The number of rotatable bonds is 12. The number of imidazole rings is 1. The van der Waals surface area contributed by atoms with Crippen molar-refractivity contribution in [2.75, 3.05) is 20.8 Å². The molecule has 2 heterocycles. The molecule has 0 aliphatic rings. The maximum atomic E-state index is 15.5. The van der Waals surface area contributed by atoms with E-state index in [9.17, 15) is 14.3 Å². The number of aromatic carboxylic acids is 1. The zero-order valence-corrected chi connectivity index (χ0v) is 24.3. The molecule has 1 N–H and O–H groups in total. The molecule has 228 valence electrons. The molecule has 0 bridgehead atoms. The first-order valence-corrected chi connectivity index (χ1v) is 13.7. The molecule has 1 atom stereocenters. The third-order valence-electron chi connectivity index (χ3n) is 7.21. The summed E-state index contributed by atoms with van der Waals surface area (Å²) in [6.45, 7) is 2.19. The summed E-state index contributed by atoms with van der Waals surface area (Å²) < 4.78 is 63.3. The Morgan fingerprint density at radius 3 is 2.45 bits per heavy atom. The highest BCUT2D eigenvalue weighted by atomic mass is 19.1. The number of ether oxygens (including phenoxy) is 3. The molecule has 0 saturated carbocycles. The van der Waals surface area contributed by atoms with Crippen LogP contribution in [-0.4, -0.2) is 52.5 Å². The van der Waals surface area contributed by atoms with Crippen molar-refractivity contribution in [3.8, 4) is 17.1 Å². The third kappa shape index (κ3) is 6.74. The number of halogens is 3. The normalized spacial score (nSPS) is 12.0. The number of hydrogen-bond acceptors (Lipinski definition) is 6. The number of carbonyl (C=O) groups is 1. The summed E-state index contributed by atoms with van der Waals surface area (Å²) in [6, 6.07) is 16.1. The van der Waals surface area contributed by atoms with Crippen LogP contribution in [0, 0.1) is 24.4 Å². The van der Waals surface area contributed by atoms with Gasteiger partial charge in [0.25, 0.3) is 0 Å². The average Bonchev–Trinajstić information content (AvgIpc) is 3.34. The van der Waals surface area contributed by atoms with Crippen LogP contribution in [0.25, 0.3) is 22.3 Å². The van der Waals surface area contributed by atoms with Crippen molar-refractivity contribution in [2.45, 2.75) is 32.6 Å².